The highest BCUT2D eigenvalue weighted by Crippen LogP contribution is 2.35. The fourth-order valence-corrected chi connectivity index (χ4v) is 4.87. The van der Waals surface area contributed by atoms with Crippen molar-refractivity contribution in [2.45, 2.75) is 52.7 Å². The SMILES string of the molecule is CC(C)Cc1c(N2CCN(C(=S)Nc3ccccc3)CC2)nc2c(c1C#N)COC(C)(C)C2. The van der Waals surface area contributed by atoms with Gasteiger partial charge < -0.3 is 19.9 Å². The van der Waals surface area contributed by atoms with Crippen molar-refractivity contribution in [3.63, 3.8) is 0 Å². The number of fused-ring (bicyclic) bond motifs is 1. The maximum absolute atomic E-state index is 10.1. The van der Waals surface area contributed by atoms with Crippen LogP contribution in [-0.2, 0) is 24.2 Å². The monoisotopic (exact) mass is 463 g/mol. The number of nitriles is 1. The third-order valence-corrected chi connectivity index (χ3v) is 6.64. The Morgan fingerprint density at radius 1 is 1.21 bits per heavy atom. The van der Waals surface area contributed by atoms with Crippen molar-refractivity contribution in [3.8, 4) is 6.07 Å². The summed E-state index contributed by atoms with van der Waals surface area (Å²) in [6.07, 6.45) is 1.55. The second-order valence-corrected chi connectivity index (χ2v) is 10.3. The van der Waals surface area contributed by atoms with Gasteiger partial charge >= 0.3 is 0 Å². The molecule has 2 aliphatic rings. The number of rotatable bonds is 4. The molecule has 0 bridgehead atoms. The van der Waals surface area contributed by atoms with Gasteiger partial charge in [0.05, 0.1) is 29.5 Å². The van der Waals surface area contributed by atoms with Gasteiger partial charge in [-0.1, -0.05) is 32.0 Å². The number of pyridine rings is 1. The van der Waals surface area contributed by atoms with Crippen LogP contribution in [0.25, 0.3) is 0 Å². The van der Waals surface area contributed by atoms with Crippen LogP contribution in [-0.4, -0.2) is 46.8 Å². The van der Waals surface area contributed by atoms with E-state index in [2.05, 4.69) is 48.9 Å². The Balaban J connectivity index is 1.57. The standard InChI is InChI=1S/C26H33N5OS/c1-18(2)14-20-21(16-27)22-17-32-26(3,4)15-23(22)29-24(20)30-10-12-31(13-11-30)25(33)28-19-8-6-5-7-9-19/h5-9,18H,10-15,17H2,1-4H3,(H,28,33). The molecule has 1 N–H and O–H groups in total. The number of aromatic nitrogens is 1. The lowest BCUT2D eigenvalue weighted by Gasteiger charge is -2.39. The number of para-hydroxylation sites is 1. The second kappa shape index (κ2) is 9.66. The van der Waals surface area contributed by atoms with Crippen LogP contribution in [0.3, 0.4) is 0 Å². The molecular weight excluding hydrogens is 430 g/mol. The van der Waals surface area contributed by atoms with E-state index in [0.717, 1.165) is 78.0 Å². The fourth-order valence-electron chi connectivity index (χ4n) is 4.57. The minimum atomic E-state index is -0.266. The molecule has 0 amide bonds. The summed E-state index contributed by atoms with van der Waals surface area (Å²) >= 11 is 5.66. The third-order valence-electron chi connectivity index (χ3n) is 6.28. The Bertz CT molecular complexity index is 1050. The van der Waals surface area contributed by atoms with Crippen molar-refractivity contribution in [1.29, 1.82) is 5.26 Å². The van der Waals surface area contributed by atoms with Crippen molar-refractivity contribution in [3.05, 3.63) is 52.7 Å². The number of piperazine rings is 1. The summed E-state index contributed by atoms with van der Waals surface area (Å²) in [5, 5.41) is 14.2. The Morgan fingerprint density at radius 3 is 2.55 bits per heavy atom. The summed E-state index contributed by atoms with van der Waals surface area (Å²) in [7, 11) is 0. The number of nitrogens with zero attached hydrogens (tertiary/aromatic N) is 4. The van der Waals surface area contributed by atoms with Crippen LogP contribution in [0.4, 0.5) is 11.5 Å². The van der Waals surface area contributed by atoms with E-state index in [1.165, 1.54) is 0 Å². The molecule has 1 saturated heterocycles. The van der Waals surface area contributed by atoms with E-state index in [9.17, 15) is 5.26 Å². The van der Waals surface area contributed by atoms with Gasteiger partial charge in [0.15, 0.2) is 5.11 Å². The normalized spacial score (nSPS) is 17.5. The maximum atomic E-state index is 10.1. The lowest BCUT2D eigenvalue weighted by Crippen LogP contribution is -2.50. The van der Waals surface area contributed by atoms with Gasteiger partial charge in [-0.05, 0) is 50.5 Å². The molecule has 0 unspecified atom stereocenters. The largest absolute Gasteiger partial charge is 0.370 e. The first kappa shape index (κ1) is 23.5. The van der Waals surface area contributed by atoms with Crippen LogP contribution in [0.1, 0.15) is 50.1 Å². The molecule has 1 aromatic heterocycles. The van der Waals surface area contributed by atoms with Gasteiger partial charge in [-0.25, -0.2) is 4.98 Å². The zero-order valence-corrected chi connectivity index (χ0v) is 20.8. The van der Waals surface area contributed by atoms with Gasteiger partial charge in [-0.3, -0.25) is 0 Å². The maximum Gasteiger partial charge on any atom is 0.173 e. The molecule has 1 fully saturated rings. The Hall–Kier alpha value is -2.69. The minimum Gasteiger partial charge on any atom is -0.370 e. The number of hydrogen-bond donors (Lipinski definition) is 1. The fraction of sp³-hybridized carbons (Fsp3) is 0.500. The topological polar surface area (TPSA) is 64.4 Å². The first-order valence-electron chi connectivity index (χ1n) is 11.7. The Labute approximate surface area is 202 Å². The Kier molecular flexibility index (Phi) is 6.87. The smallest absolute Gasteiger partial charge is 0.173 e. The van der Waals surface area contributed by atoms with E-state index >= 15 is 0 Å². The molecule has 33 heavy (non-hydrogen) atoms. The summed E-state index contributed by atoms with van der Waals surface area (Å²) in [4.78, 5) is 9.71. The van der Waals surface area contributed by atoms with Gasteiger partial charge in [0.25, 0.3) is 0 Å². The van der Waals surface area contributed by atoms with Gasteiger partial charge in [0, 0.05) is 49.4 Å². The molecule has 0 saturated carbocycles. The highest BCUT2D eigenvalue weighted by atomic mass is 32.1. The summed E-state index contributed by atoms with van der Waals surface area (Å²) in [6, 6.07) is 12.5. The molecule has 7 heteroatoms. The van der Waals surface area contributed by atoms with E-state index < -0.39 is 0 Å². The number of nitrogens with one attached hydrogen (secondary N) is 1. The van der Waals surface area contributed by atoms with Crippen molar-refractivity contribution in [1.82, 2.24) is 9.88 Å². The molecule has 2 aliphatic heterocycles. The highest BCUT2D eigenvalue weighted by Gasteiger charge is 2.33. The first-order valence-corrected chi connectivity index (χ1v) is 12.1. The molecule has 6 nitrogen and oxygen atoms in total. The molecule has 174 valence electrons. The van der Waals surface area contributed by atoms with E-state index in [1.54, 1.807) is 0 Å². The van der Waals surface area contributed by atoms with E-state index in [1.807, 2.05) is 30.3 Å². The van der Waals surface area contributed by atoms with E-state index in [-0.39, 0.29) is 5.60 Å². The molecule has 0 atom stereocenters. The summed E-state index contributed by atoms with van der Waals surface area (Å²) in [5.74, 6) is 1.40. The van der Waals surface area contributed by atoms with Crippen molar-refractivity contribution >= 4 is 28.8 Å². The Morgan fingerprint density at radius 2 is 1.91 bits per heavy atom. The van der Waals surface area contributed by atoms with Gasteiger partial charge in [-0.15, -0.1) is 0 Å². The predicted molar refractivity (Wildman–Crippen MR) is 137 cm³/mol. The van der Waals surface area contributed by atoms with Crippen LogP contribution < -0.4 is 10.2 Å². The number of anilines is 2. The molecule has 1 aromatic carbocycles. The molecule has 0 spiro atoms. The second-order valence-electron chi connectivity index (χ2n) is 9.92. The van der Waals surface area contributed by atoms with Crippen LogP contribution in [0.15, 0.2) is 30.3 Å². The number of thiocarbonyl (C=S) groups is 1. The van der Waals surface area contributed by atoms with Crippen LogP contribution >= 0.6 is 12.2 Å². The third kappa shape index (κ3) is 5.29. The van der Waals surface area contributed by atoms with Crippen molar-refractivity contribution in [2.24, 2.45) is 5.92 Å². The molecule has 3 heterocycles. The van der Waals surface area contributed by atoms with E-state index in [4.69, 9.17) is 21.9 Å². The minimum absolute atomic E-state index is 0.266. The van der Waals surface area contributed by atoms with Crippen LogP contribution in [0.5, 0.6) is 0 Å². The van der Waals surface area contributed by atoms with Crippen molar-refractivity contribution < 1.29 is 4.74 Å². The molecule has 0 aliphatic carbocycles. The molecule has 0 radical (unpaired) electrons. The zero-order valence-electron chi connectivity index (χ0n) is 20.0. The number of hydrogen-bond acceptors (Lipinski definition) is 5. The average Bonchev–Trinajstić information content (AvgIpc) is 2.78. The highest BCUT2D eigenvalue weighted by molar-refractivity contribution is 7.80. The van der Waals surface area contributed by atoms with Gasteiger partial charge in [0.2, 0.25) is 0 Å². The van der Waals surface area contributed by atoms with Crippen molar-refractivity contribution in [2.75, 3.05) is 36.4 Å². The van der Waals surface area contributed by atoms with E-state index in [0.29, 0.717) is 12.5 Å². The predicted octanol–water partition coefficient (Wildman–Crippen LogP) is 4.52. The van der Waals surface area contributed by atoms with Crippen LogP contribution in [0.2, 0.25) is 0 Å². The summed E-state index contributed by atoms with van der Waals surface area (Å²) < 4.78 is 6.04. The summed E-state index contributed by atoms with van der Waals surface area (Å²) in [6.45, 7) is 12.3. The zero-order chi connectivity index (χ0) is 23.6. The molecule has 2 aromatic rings. The average molecular weight is 464 g/mol. The number of ether oxygens (including phenoxy) is 1. The summed E-state index contributed by atoms with van der Waals surface area (Å²) in [5.41, 5.74) is 4.55. The molecular formula is C26H33N5OS. The quantitative estimate of drug-likeness (QED) is 0.669. The number of benzene rings is 1. The lowest BCUT2D eigenvalue weighted by atomic mass is 9.89. The van der Waals surface area contributed by atoms with Gasteiger partial charge in [-0.2, -0.15) is 5.26 Å². The molecule has 4 rings (SSSR count). The van der Waals surface area contributed by atoms with Crippen LogP contribution in [0, 0.1) is 17.2 Å². The van der Waals surface area contributed by atoms with Gasteiger partial charge in [0.1, 0.15) is 5.82 Å². The lowest BCUT2D eigenvalue weighted by molar-refractivity contribution is -0.0414. The first-order chi connectivity index (χ1) is 15.8.